The first-order valence-electron chi connectivity index (χ1n) is 5.85. The van der Waals surface area contributed by atoms with Gasteiger partial charge in [0.15, 0.2) is 0 Å². The molecular weight excluding hydrogens is 160 g/mol. The summed E-state index contributed by atoms with van der Waals surface area (Å²) in [4.78, 5) is 2.73. The molecular formula is C11H22N2. The van der Waals surface area contributed by atoms with E-state index in [-0.39, 0.29) is 0 Å². The van der Waals surface area contributed by atoms with Crippen LogP contribution in [0.2, 0.25) is 0 Å². The SMILES string of the molecule is CC[C@@H]1CCN(C2CCNCC2)C1. The van der Waals surface area contributed by atoms with Crippen LogP contribution in [0.1, 0.15) is 32.6 Å². The summed E-state index contributed by atoms with van der Waals surface area (Å²) < 4.78 is 0. The van der Waals surface area contributed by atoms with Crippen LogP contribution >= 0.6 is 0 Å². The Kier molecular flexibility index (Phi) is 3.23. The lowest BCUT2D eigenvalue weighted by Gasteiger charge is -2.31. The summed E-state index contributed by atoms with van der Waals surface area (Å²) in [6.45, 7) is 7.54. The summed E-state index contributed by atoms with van der Waals surface area (Å²) in [5.74, 6) is 0.995. The van der Waals surface area contributed by atoms with Gasteiger partial charge in [0.05, 0.1) is 0 Å². The topological polar surface area (TPSA) is 15.3 Å². The molecule has 13 heavy (non-hydrogen) atoms. The van der Waals surface area contributed by atoms with Crippen molar-refractivity contribution in [2.75, 3.05) is 26.2 Å². The van der Waals surface area contributed by atoms with E-state index in [9.17, 15) is 0 Å². The second kappa shape index (κ2) is 4.43. The molecule has 2 rings (SSSR count). The van der Waals surface area contributed by atoms with Crippen molar-refractivity contribution in [2.45, 2.75) is 38.6 Å². The average molecular weight is 182 g/mol. The quantitative estimate of drug-likeness (QED) is 0.695. The number of hydrogen-bond acceptors (Lipinski definition) is 2. The molecule has 1 atom stereocenters. The second-order valence-corrected chi connectivity index (χ2v) is 4.54. The van der Waals surface area contributed by atoms with Gasteiger partial charge in [0.2, 0.25) is 0 Å². The van der Waals surface area contributed by atoms with Crippen LogP contribution in [0.25, 0.3) is 0 Å². The minimum atomic E-state index is 0.901. The van der Waals surface area contributed by atoms with E-state index < -0.39 is 0 Å². The molecule has 0 bridgehead atoms. The molecule has 0 aromatic carbocycles. The Morgan fingerprint density at radius 1 is 1.23 bits per heavy atom. The average Bonchev–Trinajstić information content (AvgIpc) is 2.67. The van der Waals surface area contributed by atoms with E-state index in [2.05, 4.69) is 17.1 Å². The maximum absolute atomic E-state index is 3.44. The highest BCUT2D eigenvalue weighted by Crippen LogP contribution is 2.24. The van der Waals surface area contributed by atoms with Crippen LogP contribution in [0, 0.1) is 5.92 Å². The van der Waals surface area contributed by atoms with Crippen molar-refractivity contribution in [2.24, 2.45) is 5.92 Å². The first kappa shape index (κ1) is 9.47. The lowest BCUT2D eigenvalue weighted by molar-refractivity contribution is 0.192. The highest BCUT2D eigenvalue weighted by Gasteiger charge is 2.27. The summed E-state index contributed by atoms with van der Waals surface area (Å²) in [5.41, 5.74) is 0. The van der Waals surface area contributed by atoms with Gasteiger partial charge in [0, 0.05) is 12.6 Å². The van der Waals surface area contributed by atoms with Gasteiger partial charge in [-0.15, -0.1) is 0 Å². The Bertz CT molecular complexity index is 152. The predicted octanol–water partition coefficient (Wildman–Crippen LogP) is 1.47. The molecule has 2 saturated heterocycles. The van der Waals surface area contributed by atoms with Gasteiger partial charge in [-0.3, -0.25) is 0 Å². The predicted molar refractivity (Wildman–Crippen MR) is 55.9 cm³/mol. The maximum Gasteiger partial charge on any atom is 0.0119 e. The number of hydrogen-bond donors (Lipinski definition) is 1. The van der Waals surface area contributed by atoms with Crippen LogP contribution in [0.4, 0.5) is 0 Å². The molecule has 0 aliphatic carbocycles. The van der Waals surface area contributed by atoms with Gasteiger partial charge in [-0.25, -0.2) is 0 Å². The van der Waals surface area contributed by atoms with E-state index in [1.54, 1.807) is 0 Å². The van der Waals surface area contributed by atoms with Gasteiger partial charge in [0.1, 0.15) is 0 Å². The zero-order valence-electron chi connectivity index (χ0n) is 8.76. The molecule has 0 saturated carbocycles. The molecule has 76 valence electrons. The van der Waals surface area contributed by atoms with E-state index in [0.717, 1.165) is 12.0 Å². The van der Waals surface area contributed by atoms with E-state index >= 15 is 0 Å². The van der Waals surface area contributed by atoms with E-state index in [0.29, 0.717) is 0 Å². The van der Waals surface area contributed by atoms with Crippen LogP contribution in [0.5, 0.6) is 0 Å². The van der Waals surface area contributed by atoms with Crippen LogP contribution in [0.3, 0.4) is 0 Å². The third-order valence-electron chi connectivity index (χ3n) is 3.72. The molecule has 2 fully saturated rings. The standard InChI is InChI=1S/C11H22N2/c1-2-10-5-8-13(9-10)11-3-6-12-7-4-11/h10-12H,2-9H2,1H3/t10-/m1/s1. The number of nitrogens with zero attached hydrogens (tertiary/aromatic N) is 1. The largest absolute Gasteiger partial charge is 0.317 e. The molecule has 2 aliphatic heterocycles. The Labute approximate surface area is 81.7 Å². The third-order valence-corrected chi connectivity index (χ3v) is 3.72. The zero-order valence-corrected chi connectivity index (χ0v) is 8.76. The van der Waals surface area contributed by atoms with Gasteiger partial charge < -0.3 is 10.2 Å². The first-order valence-corrected chi connectivity index (χ1v) is 5.85. The van der Waals surface area contributed by atoms with Crippen molar-refractivity contribution in [3.8, 4) is 0 Å². The lowest BCUT2D eigenvalue weighted by atomic mass is 10.0. The fraction of sp³-hybridized carbons (Fsp3) is 1.00. The lowest BCUT2D eigenvalue weighted by Crippen LogP contribution is -2.41. The molecule has 2 heterocycles. The van der Waals surface area contributed by atoms with E-state index in [1.165, 1.54) is 51.9 Å². The molecule has 0 aromatic heterocycles. The Hall–Kier alpha value is -0.0800. The summed E-state index contributed by atoms with van der Waals surface area (Å²) in [5, 5.41) is 3.44. The molecule has 0 amide bonds. The fourth-order valence-corrected chi connectivity index (χ4v) is 2.70. The molecule has 0 unspecified atom stereocenters. The van der Waals surface area contributed by atoms with Crippen molar-refractivity contribution >= 4 is 0 Å². The highest BCUT2D eigenvalue weighted by molar-refractivity contribution is 4.83. The number of likely N-dealkylation sites (tertiary alicyclic amines) is 1. The van der Waals surface area contributed by atoms with Crippen molar-refractivity contribution in [1.29, 1.82) is 0 Å². The minimum Gasteiger partial charge on any atom is -0.317 e. The molecule has 0 aromatic rings. The van der Waals surface area contributed by atoms with Gasteiger partial charge >= 0.3 is 0 Å². The summed E-state index contributed by atoms with van der Waals surface area (Å²) in [6, 6.07) is 0.901. The zero-order chi connectivity index (χ0) is 9.10. The van der Waals surface area contributed by atoms with E-state index in [1.807, 2.05) is 0 Å². The van der Waals surface area contributed by atoms with Gasteiger partial charge in [-0.2, -0.15) is 0 Å². The molecule has 0 radical (unpaired) electrons. The molecule has 2 aliphatic rings. The van der Waals surface area contributed by atoms with Crippen LogP contribution in [0.15, 0.2) is 0 Å². The Morgan fingerprint density at radius 3 is 2.62 bits per heavy atom. The highest BCUT2D eigenvalue weighted by atomic mass is 15.2. The summed E-state index contributed by atoms with van der Waals surface area (Å²) >= 11 is 0. The molecule has 1 N–H and O–H groups in total. The smallest absolute Gasteiger partial charge is 0.0119 e. The van der Waals surface area contributed by atoms with Gasteiger partial charge in [-0.05, 0) is 44.8 Å². The normalized spacial score (nSPS) is 32.5. The first-order chi connectivity index (χ1) is 6.40. The Morgan fingerprint density at radius 2 is 2.00 bits per heavy atom. The van der Waals surface area contributed by atoms with E-state index in [4.69, 9.17) is 0 Å². The number of nitrogens with one attached hydrogen (secondary N) is 1. The monoisotopic (exact) mass is 182 g/mol. The third kappa shape index (κ3) is 2.23. The van der Waals surface area contributed by atoms with Crippen LogP contribution in [-0.2, 0) is 0 Å². The molecule has 2 nitrogen and oxygen atoms in total. The Balaban J connectivity index is 1.80. The number of piperidine rings is 1. The summed E-state index contributed by atoms with van der Waals surface area (Å²) in [7, 11) is 0. The maximum atomic E-state index is 3.44. The molecule has 2 heteroatoms. The van der Waals surface area contributed by atoms with Gasteiger partial charge in [0.25, 0.3) is 0 Å². The van der Waals surface area contributed by atoms with Crippen LogP contribution < -0.4 is 5.32 Å². The van der Waals surface area contributed by atoms with Crippen molar-refractivity contribution in [3.63, 3.8) is 0 Å². The van der Waals surface area contributed by atoms with Crippen molar-refractivity contribution in [3.05, 3.63) is 0 Å². The van der Waals surface area contributed by atoms with Gasteiger partial charge in [-0.1, -0.05) is 13.3 Å². The summed E-state index contributed by atoms with van der Waals surface area (Å²) in [6.07, 6.45) is 5.56. The minimum absolute atomic E-state index is 0.901. The van der Waals surface area contributed by atoms with Crippen LogP contribution in [-0.4, -0.2) is 37.1 Å². The second-order valence-electron chi connectivity index (χ2n) is 4.54. The van der Waals surface area contributed by atoms with Crippen molar-refractivity contribution in [1.82, 2.24) is 10.2 Å². The van der Waals surface area contributed by atoms with Crippen molar-refractivity contribution < 1.29 is 0 Å². The fourth-order valence-electron chi connectivity index (χ4n) is 2.70. The number of rotatable bonds is 2. The molecule has 0 spiro atoms.